The molecule has 4 rings (SSSR count). The Morgan fingerprint density at radius 1 is 0.862 bits per heavy atom. The highest BCUT2D eigenvalue weighted by Gasteiger charge is 2.18. The van der Waals surface area contributed by atoms with Gasteiger partial charge in [-0.2, -0.15) is 0 Å². The van der Waals surface area contributed by atoms with E-state index < -0.39 is 0 Å². The minimum Gasteiger partial charge on any atom is -0.497 e. The summed E-state index contributed by atoms with van der Waals surface area (Å²) in [5.41, 5.74) is 2.00. The van der Waals surface area contributed by atoms with Crippen molar-refractivity contribution in [3.63, 3.8) is 0 Å². The first-order valence-electron chi connectivity index (χ1n) is 8.84. The third-order valence-electron chi connectivity index (χ3n) is 4.15. The van der Waals surface area contributed by atoms with Gasteiger partial charge in [0.25, 0.3) is 5.91 Å². The van der Waals surface area contributed by atoms with E-state index in [1.54, 1.807) is 31.4 Å². The van der Waals surface area contributed by atoms with Crippen LogP contribution in [0.1, 0.15) is 9.67 Å². The molecular formula is C22H17N3O3S. The van der Waals surface area contributed by atoms with Gasteiger partial charge < -0.3 is 14.8 Å². The number of amides is 1. The van der Waals surface area contributed by atoms with Gasteiger partial charge in [-0.15, -0.1) is 5.10 Å². The molecule has 4 aromatic rings. The van der Waals surface area contributed by atoms with Gasteiger partial charge in [0.05, 0.1) is 7.11 Å². The van der Waals surface area contributed by atoms with Crippen molar-refractivity contribution in [3.05, 3.63) is 83.7 Å². The second-order valence-corrected chi connectivity index (χ2v) is 6.83. The lowest BCUT2D eigenvalue weighted by Gasteiger charge is -2.08. The number of nitrogens with zero attached hydrogens (tertiary/aromatic N) is 2. The zero-order valence-electron chi connectivity index (χ0n) is 15.5. The second-order valence-electron chi connectivity index (χ2n) is 6.07. The number of hydrogen-bond donors (Lipinski definition) is 1. The average molecular weight is 403 g/mol. The van der Waals surface area contributed by atoms with Gasteiger partial charge in [-0.3, -0.25) is 4.79 Å². The van der Waals surface area contributed by atoms with Gasteiger partial charge >= 0.3 is 0 Å². The number of carbonyl (C=O) groups is 1. The van der Waals surface area contributed by atoms with Crippen LogP contribution in [0.15, 0.2) is 78.9 Å². The molecule has 1 amide bonds. The van der Waals surface area contributed by atoms with Crippen LogP contribution >= 0.6 is 11.5 Å². The number of anilines is 1. The van der Waals surface area contributed by atoms with Crippen LogP contribution in [0.4, 0.5) is 5.69 Å². The Labute approximate surface area is 171 Å². The first-order chi connectivity index (χ1) is 14.2. The maximum Gasteiger partial charge on any atom is 0.269 e. The molecule has 0 unspecified atom stereocenters. The summed E-state index contributed by atoms with van der Waals surface area (Å²) in [6.07, 6.45) is 0. The Morgan fingerprint density at radius 3 is 2.21 bits per heavy atom. The Balaban J connectivity index is 1.46. The highest BCUT2D eigenvalue weighted by Crippen LogP contribution is 2.27. The highest BCUT2D eigenvalue weighted by atomic mass is 32.1. The minimum absolute atomic E-state index is 0.262. The van der Waals surface area contributed by atoms with Crippen molar-refractivity contribution < 1.29 is 14.3 Å². The molecule has 0 radical (unpaired) electrons. The van der Waals surface area contributed by atoms with E-state index in [9.17, 15) is 4.79 Å². The van der Waals surface area contributed by atoms with E-state index in [-0.39, 0.29) is 5.91 Å². The number of hydrogen-bond acceptors (Lipinski definition) is 6. The van der Waals surface area contributed by atoms with Gasteiger partial charge in [0.15, 0.2) is 0 Å². The van der Waals surface area contributed by atoms with E-state index in [0.717, 1.165) is 28.6 Å². The number of aromatic nitrogens is 2. The molecule has 0 fully saturated rings. The number of rotatable bonds is 6. The van der Waals surface area contributed by atoms with Gasteiger partial charge in [0.2, 0.25) is 0 Å². The van der Waals surface area contributed by atoms with Crippen molar-refractivity contribution in [3.8, 4) is 28.5 Å². The fourth-order valence-electron chi connectivity index (χ4n) is 2.70. The minimum atomic E-state index is -0.262. The Morgan fingerprint density at radius 2 is 1.52 bits per heavy atom. The van der Waals surface area contributed by atoms with Crippen LogP contribution in [-0.4, -0.2) is 22.6 Å². The summed E-state index contributed by atoms with van der Waals surface area (Å²) in [5, 5.41) is 6.99. The predicted octanol–water partition coefficient (Wildman–Crippen LogP) is 5.26. The molecule has 0 aliphatic heterocycles. The largest absolute Gasteiger partial charge is 0.497 e. The number of para-hydroxylation sites is 1. The Kier molecular flexibility index (Phi) is 5.49. The average Bonchev–Trinajstić information content (AvgIpc) is 3.26. The smallest absolute Gasteiger partial charge is 0.269 e. The third kappa shape index (κ3) is 4.41. The summed E-state index contributed by atoms with van der Waals surface area (Å²) in [5.74, 6) is 1.92. The van der Waals surface area contributed by atoms with Gasteiger partial charge in [0, 0.05) is 11.3 Å². The standard InChI is InChI=1S/C22H17N3O3S/c1-27-17-11-7-15(8-12-17)20-21(29-25-24-20)22(26)23-16-9-13-19(14-10-16)28-18-5-3-2-4-6-18/h2-14H,1H3,(H,23,26). The molecule has 1 N–H and O–H groups in total. The van der Waals surface area contributed by atoms with E-state index in [2.05, 4.69) is 14.9 Å². The molecule has 3 aromatic carbocycles. The summed E-state index contributed by atoms with van der Waals surface area (Å²) < 4.78 is 14.9. The molecule has 1 heterocycles. The van der Waals surface area contributed by atoms with E-state index >= 15 is 0 Å². The van der Waals surface area contributed by atoms with Crippen LogP contribution in [0, 0.1) is 0 Å². The zero-order chi connectivity index (χ0) is 20.1. The van der Waals surface area contributed by atoms with Crippen molar-refractivity contribution in [1.29, 1.82) is 0 Å². The van der Waals surface area contributed by atoms with Gasteiger partial charge in [-0.1, -0.05) is 22.7 Å². The predicted molar refractivity (Wildman–Crippen MR) is 113 cm³/mol. The summed E-state index contributed by atoms with van der Waals surface area (Å²) in [4.78, 5) is 13.2. The third-order valence-corrected chi connectivity index (χ3v) is 4.87. The summed E-state index contributed by atoms with van der Waals surface area (Å²) >= 11 is 1.06. The number of nitrogens with one attached hydrogen (secondary N) is 1. The molecule has 0 aliphatic rings. The first kappa shape index (κ1) is 18.6. The summed E-state index contributed by atoms with van der Waals surface area (Å²) in [7, 11) is 1.61. The van der Waals surface area contributed by atoms with Gasteiger partial charge in [0.1, 0.15) is 27.8 Å². The van der Waals surface area contributed by atoms with Crippen LogP contribution in [0.5, 0.6) is 17.2 Å². The second kappa shape index (κ2) is 8.53. The van der Waals surface area contributed by atoms with E-state index in [1.807, 2.05) is 54.6 Å². The maximum absolute atomic E-state index is 12.7. The van der Waals surface area contributed by atoms with Crippen molar-refractivity contribution in [1.82, 2.24) is 9.59 Å². The lowest BCUT2D eigenvalue weighted by Crippen LogP contribution is -2.11. The van der Waals surface area contributed by atoms with E-state index in [1.165, 1.54) is 0 Å². The quantitative estimate of drug-likeness (QED) is 0.475. The molecule has 29 heavy (non-hydrogen) atoms. The number of methoxy groups -OCH3 is 1. The highest BCUT2D eigenvalue weighted by molar-refractivity contribution is 7.08. The van der Waals surface area contributed by atoms with E-state index in [4.69, 9.17) is 9.47 Å². The molecule has 0 saturated heterocycles. The molecule has 0 spiro atoms. The molecule has 144 valence electrons. The lowest BCUT2D eigenvalue weighted by atomic mass is 10.1. The molecule has 0 bridgehead atoms. The van der Waals surface area contributed by atoms with Crippen molar-refractivity contribution in [2.75, 3.05) is 12.4 Å². The van der Waals surface area contributed by atoms with Crippen LogP contribution in [0.3, 0.4) is 0 Å². The van der Waals surface area contributed by atoms with Crippen LogP contribution in [0.25, 0.3) is 11.3 Å². The maximum atomic E-state index is 12.7. The topological polar surface area (TPSA) is 73.3 Å². The lowest BCUT2D eigenvalue weighted by molar-refractivity contribution is 0.103. The Hall–Kier alpha value is -3.71. The molecule has 6 nitrogen and oxygen atoms in total. The van der Waals surface area contributed by atoms with Crippen molar-refractivity contribution in [2.24, 2.45) is 0 Å². The van der Waals surface area contributed by atoms with Crippen molar-refractivity contribution in [2.45, 2.75) is 0 Å². The fraction of sp³-hybridized carbons (Fsp3) is 0.0455. The fourth-order valence-corrected chi connectivity index (χ4v) is 3.28. The number of benzene rings is 3. The monoisotopic (exact) mass is 403 g/mol. The molecule has 0 saturated carbocycles. The number of carbonyl (C=O) groups excluding carboxylic acids is 1. The molecular weight excluding hydrogens is 386 g/mol. The van der Waals surface area contributed by atoms with E-state index in [0.29, 0.717) is 22.0 Å². The zero-order valence-corrected chi connectivity index (χ0v) is 16.3. The van der Waals surface area contributed by atoms with Crippen molar-refractivity contribution >= 4 is 23.1 Å². The molecule has 1 aromatic heterocycles. The summed E-state index contributed by atoms with van der Waals surface area (Å²) in [6, 6.07) is 24.0. The first-order valence-corrected chi connectivity index (χ1v) is 9.61. The van der Waals surface area contributed by atoms with Gasteiger partial charge in [-0.05, 0) is 72.2 Å². The van der Waals surface area contributed by atoms with Crippen LogP contribution < -0.4 is 14.8 Å². The molecule has 0 aliphatic carbocycles. The van der Waals surface area contributed by atoms with Crippen LogP contribution in [0.2, 0.25) is 0 Å². The van der Waals surface area contributed by atoms with Crippen LogP contribution in [-0.2, 0) is 0 Å². The number of ether oxygens (including phenoxy) is 2. The Bertz CT molecular complexity index is 1090. The summed E-state index contributed by atoms with van der Waals surface area (Å²) in [6.45, 7) is 0. The van der Waals surface area contributed by atoms with Gasteiger partial charge in [-0.25, -0.2) is 0 Å². The normalized spacial score (nSPS) is 10.4. The molecule has 0 atom stereocenters. The molecule has 7 heteroatoms. The SMILES string of the molecule is COc1ccc(-c2nnsc2C(=O)Nc2ccc(Oc3ccccc3)cc2)cc1.